The minimum absolute atomic E-state index is 0.138. The van der Waals surface area contributed by atoms with E-state index in [1.807, 2.05) is 7.05 Å². The number of aliphatic hydroxyl groups excluding tert-OH is 1. The number of amides is 1. The van der Waals surface area contributed by atoms with Gasteiger partial charge in [-0.15, -0.1) is 0 Å². The summed E-state index contributed by atoms with van der Waals surface area (Å²) in [6.45, 7) is 0.770. The Morgan fingerprint density at radius 1 is 1.50 bits per heavy atom. The van der Waals surface area contributed by atoms with Crippen molar-refractivity contribution in [1.82, 2.24) is 4.90 Å². The molecule has 1 amide bonds. The molecule has 0 atom stereocenters. The Labute approximate surface area is 96.8 Å². The Hall–Kier alpha value is -0.610. The van der Waals surface area contributed by atoms with Crippen LogP contribution in [0.1, 0.15) is 38.5 Å². The van der Waals surface area contributed by atoms with Crippen LogP contribution in [0, 0.1) is 5.92 Å². The highest BCUT2D eigenvalue weighted by Gasteiger charge is 2.36. The molecule has 2 saturated carbocycles. The molecule has 0 aromatic heterocycles. The van der Waals surface area contributed by atoms with E-state index in [9.17, 15) is 9.90 Å². The maximum absolute atomic E-state index is 11.9. The van der Waals surface area contributed by atoms with Gasteiger partial charge in [0.2, 0.25) is 5.91 Å². The number of rotatable bonds is 4. The summed E-state index contributed by atoms with van der Waals surface area (Å²) in [7, 11) is 1.84. The van der Waals surface area contributed by atoms with Crippen LogP contribution in [0.3, 0.4) is 0 Å². The molecule has 4 nitrogen and oxygen atoms in total. The van der Waals surface area contributed by atoms with Crippen molar-refractivity contribution in [3.05, 3.63) is 0 Å². The third-order valence-corrected chi connectivity index (χ3v) is 4.02. The van der Waals surface area contributed by atoms with Crippen LogP contribution in [0.15, 0.2) is 0 Å². The molecule has 0 bridgehead atoms. The molecule has 4 heteroatoms. The van der Waals surface area contributed by atoms with E-state index in [2.05, 4.69) is 0 Å². The normalized spacial score (nSPS) is 31.4. The van der Waals surface area contributed by atoms with Crippen molar-refractivity contribution >= 4 is 5.91 Å². The molecule has 0 aliphatic heterocycles. The monoisotopic (exact) mass is 226 g/mol. The minimum atomic E-state index is -0.218. The third kappa shape index (κ3) is 2.55. The van der Waals surface area contributed by atoms with Crippen molar-refractivity contribution in [2.75, 3.05) is 13.6 Å². The SMILES string of the molecule is CN(CC1CC(O)C1)C(=O)CC1(N)CCC1. The van der Waals surface area contributed by atoms with Gasteiger partial charge in [-0.25, -0.2) is 0 Å². The number of hydrogen-bond donors (Lipinski definition) is 2. The fourth-order valence-corrected chi connectivity index (χ4v) is 2.58. The Balaban J connectivity index is 1.71. The van der Waals surface area contributed by atoms with Gasteiger partial charge < -0.3 is 15.7 Å². The van der Waals surface area contributed by atoms with Gasteiger partial charge in [0.1, 0.15) is 0 Å². The number of nitrogens with zero attached hydrogens (tertiary/aromatic N) is 1. The summed E-state index contributed by atoms with van der Waals surface area (Å²) in [5.41, 5.74) is 5.84. The first-order valence-electron chi connectivity index (χ1n) is 6.19. The fourth-order valence-electron chi connectivity index (χ4n) is 2.58. The largest absolute Gasteiger partial charge is 0.393 e. The van der Waals surface area contributed by atoms with Crippen LogP contribution in [-0.4, -0.2) is 41.1 Å². The second-order valence-electron chi connectivity index (χ2n) is 5.66. The van der Waals surface area contributed by atoms with Gasteiger partial charge in [0.25, 0.3) is 0 Å². The molecule has 2 aliphatic rings. The number of carbonyl (C=O) groups excluding carboxylic acids is 1. The number of aliphatic hydroxyl groups is 1. The molecule has 2 aliphatic carbocycles. The topological polar surface area (TPSA) is 66.6 Å². The van der Waals surface area contributed by atoms with Crippen molar-refractivity contribution in [3.63, 3.8) is 0 Å². The zero-order valence-corrected chi connectivity index (χ0v) is 9.98. The lowest BCUT2D eigenvalue weighted by Crippen LogP contribution is -2.51. The lowest BCUT2D eigenvalue weighted by Gasteiger charge is -2.40. The molecule has 0 saturated heterocycles. The molecule has 0 radical (unpaired) electrons. The number of nitrogens with two attached hydrogens (primary N) is 1. The second-order valence-corrected chi connectivity index (χ2v) is 5.66. The van der Waals surface area contributed by atoms with Gasteiger partial charge in [0, 0.05) is 25.6 Å². The highest BCUT2D eigenvalue weighted by atomic mass is 16.3. The van der Waals surface area contributed by atoms with Gasteiger partial charge in [-0.2, -0.15) is 0 Å². The van der Waals surface area contributed by atoms with E-state index in [-0.39, 0.29) is 17.6 Å². The highest BCUT2D eigenvalue weighted by Crippen LogP contribution is 2.33. The van der Waals surface area contributed by atoms with E-state index in [0.29, 0.717) is 12.3 Å². The Morgan fingerprint density at radius 3 is 2.56 bits per heavy atom. The summed E-state index contributed by atoms with van der Waals surface area (Å²) in [6.07, 6.45) is 5.14. The molecule has 16 heavy (non-hydrogen) atoms. The fraction of sp³-hybridized carbons (Fsp3) is 0.917. The number of carbonyl (C=O) groups is 1. The average molecular weight is 226 g/mol. The highest BCUT2D eigenvalue weighted by molar-refractivity contribution is 5.77. The maximum Gasteiger partial charge on any atom is 0.224 e. The molecular formula is C12H22N2O2. The van der Waals surface area contributed by atoms with E-state index < -0.39 is 0 Å². The molecule has 0 unspecified atom stereocenters. The van der Waals surface area contributed by atoms with Crippen molar-refractivity contribution in [2.45, 2.75) is 50.2 Å². The van der Waals surface area contributed by atoms with Crippen molar-refractivity contribution in [1.29, 1.82) is 0 Å². The zero-order valence-electron chi connectivity index (χ0n) is 9.98. The first kappa shape index (κ1) is 11.9. The summed E-state index contributed by atoms with van der Waals surface area (Å²) in [5, 5.41) is 9.18. The quantitative estimate of drug-likeness (QED) is 0.733. The van der Waals surface area contributed by atoms with E-state index >= 15 is 0 Å². The predicted octanol–water partition coefficient (Wildman–Crippen LogP) is 0.487. The van der Waals surface area contributed by atoms with Crippen LogP contribution in [-0.2, 0) is 4.79 Å². The standard InChI is InChI=1S/C12H22N2O2/c1-14(8-9-5-10(15)6-9)11(16)7-12(13)3-2-4-12/h9-10,15H,2-8,13H2,1H3. The summed E-state index contributed by atoms with van der Waals surface area (Å²) in [4.78, 5) is 13.7. The van der Waals surface area contributed by atoms with Gasteiger partial charge in [-0.1, -0.05) is 0 Å². The van der Waals surface area contributed by atoms with E-state index in [0.717, 1.165) is 38.6 Å². The second kappa shape index (κ2) is 4.34. The molecular weight excluding hydrogens is 204 g/mol. The van der Waals surface area contributed by atoms with E-state index in [4.69, 9.17) is 5.73 Å². The van der Waals surface area contributed by atoms with Crippen molar-refractivity contribution in [3.8, 4) is 0 Å². The summed E-state index contributed by atoms with van der Waals surface area (Å²) in [6, 6.07) is 0. The summed E-state index contributed by atoms with van der Waals surface area (Å²) >= 11 is 0. The van der Waals surface area contributed by atoms with Gasteiger partial charge in [0.15, 0.2) is 0 Å². The summed E-state index contributed by atoms with van der Waals surface area (Å²) < 4.78 is 0. The van der Waals surface area contributed by atoms with Crippen LogP contribution in [0.2, 0.25) is 0 Å². The predicted molar refractivity (Wildman–Crippen MR) is 61.8 cm³/mol. The molecule has 0 aromatic carbocycles. The summed E-state index contributed by atoms with van der Waals surface area (Å²) in [5.74, 6) is 0.641. The van der Waals surface area contributed by atoms with Crippen LogP contribution in [0.5, 0.6) is 0 Å². The smallest absolute Gasteiger partial charge is 0.224 e. The molecule has 92 valence electrons. The van der Waals surface area contributed by atoms with Gasteiger partial charge in [-0.3, -0.25) is 4.79 Å². The number of hydrogen-bond acceptors (Lipinski definition) is 3. The molecule has 3 N–H and O–H groups in total. The van der Waals surface area contributed by atoms with Crippen LogP contribution >= 0.6 is 0 Å². The van der Waals surface area contributed by atoms with Crippen LogP contribution in [0.25, 0.3) is 0 Å². The Kier molecular flexibility index (Phi) is 3.22. The third-order valence-electron chi connectivity index (χ3n) is 4.02. The zero-order chi connectivity index (χ0) is 11.8. The Bertz CT molecular complexity index is 270. The minimum Gasteiger partial charge on any atom is -0.393 e. The van der Waals surface area contributed by atoms with Crippen molar-refractivity contribution < 1.29 is 9.90 Å². The van der Waals surface area contributed by atoms with Gasteiger partial charge >= 0.3 is 0 Å². The van der Waals surface area contributed by atoms with E-state index in [1.165, 1.54) is 0 Å². The average Bonchev–Trinajstić information content (AvgIpc) is 2.12. The Morgan fingerprint density at radius 2 is 2.12 bits per heavy atom. The molecule has 2 rings (SSSR count). The molecule has 0 heterocycles. The van der Waals surface area contributed by atoms with Crippen LogP contribution < -0.4 is 5.73 Å². The van der Waals surface area contributed by atoms with Crippen molar-refractivity contribution in [2.24, 2.45) is 11.7 Å². The lowest BCUT2D eigenvalue weighted by molar-refractivity contribution is -0.133. The first-order chi connectivity index (χ1) is 7.48. The maximum atomic E-state index is 11.9. The van der Waals surface area contributed by atoms with Gasteiger partial charge in [0.05, 0.1) is 6.10 Å². The van der Waals surface area contributed by atoms with E-state index in [1.54, 1.807) is 4.90 Å². The first-order valence-corrected chi connectivity index (χ1v) is 6.19. The van der Waals surface area contributed by atoms with Crippen LogP contribution in [0.4, 0.5) is 0 Å². The molecule has 2 fully saturated rings. The van der Waals surface area contributed by atoms with Gasteiger partial charge in [-0.05, 0) is 38.0 Å². The molecule has 0 spiro atoms. The lowest BCUT2D eigenvalue weighted by atomic mass is 9.75. The molecule has 0 aromatic rings.